The van der Waals surface area contributed by atoms with Crippen LogP contribution in [0.5, 0.6) is 0 Å². The van der Waals surface area contributed by atoms with Crippen LogP contribution in [0.25, 0.3) is 0 Å². The van der Waals surface area contributed by atoms with Crippen LogP contribution < -0.4 is 10.6 Å². The molecule has 2 fully saturated rings. The summed E-state index contributed by atoms with van der Waals surface area (Å²) in [5, 5.41) is 6.26. The topological polar surface area (TPSA) is 44.4 Å². The SMILES string of the molecule is CNCCC1C(=O)NCCCN1C1CCCCCC1. The molecule has 0 aromatic carbocycles. The summed E-state index contributed by atoms with van der Waals surface area (Å²) < 4.78 is 0. The molecule has 1 aliphatic carbocycles. The second-order valence-corrected chi connectivity index (χ2v) is 5.94. The number of rotatable bonds is 4. The van der Waals surface area contributed by atoms with Gasteiger partial charge in [-0.3, -0.25) is 9.69 Å². The Morgan fingerprint density at radius 1 is 1.21 bits per heavy atom. The Labute approximate surface area is 117 Å². The van der Waals surface area contributed by atoms with E-state index in [0.29, 0.717) is 6.04 Å². The van der Waals surface area contributed by atoms with Gasteiger partial charge in [-0.05, 0) is 39.3 Å². The fourth-order valence-electron chi connectivity index (χ4n) is 3.50. The highest BCUT2D eigenvalue weighted by molar-refractivity contribution is 5.82. The third kappa shape index (κ3) is 4.18. The molecule has 1 amide bonds. The van der Waals surface area contributed by atoms with Crippen molar-refractivity contribution in [1.82, 2.24) is 15.5 Å². The zero-order valence-corrected chi connectivity index (χ0v) is 12.3. The number of hydrogen-bond acceptors (Lipinski definition) is 3. The van der Waals surface area contributed by atoms with Gasteiger partial charge in [-0.2, -0.15) is 0 Å². The maximum absolute atomic E-state index is 12.3. The Kier molecular flexibility index (Phi) is 6.11. The smallest absolute Gasteiger partial charge is 0.237 e. The van der Waals surface area contributed by atoms with E-state index in [0.717, 1.165) is 32.5 Å². The minimum atomic E-state index is 0.0815. The van der Waals surface area contributed by atoms with Crippen molar-refractivity contribution in [2.45, 2.75) is 63.5 Å². The quantitative estimate of drug-likeness (QED) is 0.759. The molecular weight excluding hydrogens is 238 g/mol. The van der Waals surface area contributed by atoms with Gasteiger partial charge >= 0.3 is 0 Å². The fraction of sp³-hybridized carbons (Fsp3) is 0.933. The van der Waals surface area contributed by atoms with Crippen LogP contribution in [0.1, 0.15) is 51.4 Å². The molecular formula is C15H29N3O. The Morgan fingerprint density at radius 2 is 1.95 bits per heavy atom. The van der Waals surface area contributed by atoms with E-state index >= 15 is 0 Å². The molecule has 0 bridgehead atoms. The zero-order valence-electron chi connectivity index (χ0n) is 12.3. The highest BCUT2D eigenvalue weighted by Crippen LogP contribution is 2.25. The summed E-state index contributed by atoms with van der Waals surface area (Å²) >= 11 is 0. The Bertz CT molecular complexity index is 275. The van der Waals surface area contributed by atoms with Crippen LogP contribution in [0.15, 0.2) is 0 Å². The molecule has 0 aromatic rings. The molecule has 1 aliphatic heterocycles. The standard InChI is InChI=1S/C15H29N3O/c1-16-11-9-14-15(19)17-10-6-12-18(14)13-7-4-2-3-5-8-13/h13-14,16H,2-12H2,1H3,(H,17,19). The summed E-state index contributed by atoms with van der Waals surface area (Å²) in [7, 11) is 1.96. The minimum Gasteiger partial charge on any atom is -0.355 e. The van der Waals surface area contributed by atoms with E-state index in [9.17, 15) is 4.79 Å². The van der Waals surface area contributed by atoms with E-state index in [4.69, 9.17) is 0 Å². The summed E-state index contributed by atoms with van der Waals surface area (Å²) in [6.45, 7) is 2.84. The third-order valence-corrected chi connectivity index (χ3v) is 4.56. The lowest BCUT2D eigenvalue weighted by molar-refractivity contribution is -0.126. The molecule has 1 saturated carbocycles. The second-order valence-electron chi connectivity index (χ2n) is 5.94. The molecule has 4 heteroatoms. The van der Waals surface area contributed by atoms with E-state index in [2.05, 4.69) is 15.5 Å². The normalized spacial score (nSPS) is 27.6. The molecule has 2 aliphatic rings. The van der Waals surface area contributed by atoms with Crippen LogP contribution in [0.4, 0.5) is 0 Å². The second kappa shape index (κ2) is 7.85. The lowest BCUT2D eigenvalue weighted by atomic mass is 10.0. The zero-order chi connectivity index (χ0) is 13.5. The first-order chi connectivity index (χ1) is 9.33. The summed E-state index contributed by atoms with van der Waals surface area (Å²) in [6, 6.07) is 0.714. The van der Waals surface area contributed by atoms with Crippen molar-refractivity contribution in [2.24, 2.45) is 0 Å². The summed E-state index contributed by atoms with van der Waals surface area (Å²) in [5.41, 5.74) is 0. The Hall–Kier alpha value is -0.610. The maximum atomic E-state index is 12.3. The van der Waals surface area contributed by atoms with E-state index in [-0.39, 0.29) is 11.9 Å². The van der Waals surface area contributed by atoms with Gasteiger partial charge < -0.3 is 10.6 Å². The molecule has 2 rings (SSSR count). The highest BCUT2D eigenvalue weighted by Gasteiger charge is 2.32. The van der Waals surface area contributed by atoms with Crippen molar-refractivity contribution in [2.75, 3.05) is 26.7 Å². The molecule has 1 saturated heterocycles. The van der Waals surface area contributed by atoms with Gasteiger partial charge in [-0.15, -0.1) is 0 Å². The Morgan fingerprint density at radius 3 is 2.63 bits per heavy atom. The molecule has 19 heavy (non-hydrogen) atoms. The summed E-state index contributed by atoms with van der Waals surface area (Å²) in [4.78, 5) is 14.8. The molecule has 0 radical (unpaired) electrons. The van der Waals surface area contributed by atoms with Gasteiger partial charge in [0.25, 0.3) is 0 Å². The number of carbonyl (C=O) groups excluding carboxylic acids is 1. The molecule has 1 heterocycles. The first-order valence-corrected chi connectivity index (χ1v) is 8.01. The van der Waals surface area contributed by atoms with E-state index < -0.39 is 0 Å². The fourth-order valence-corrected chi connectivity index (χ4v) is 3.50. The van der Waals surface area contributed by atoms with Crippen molar-refractivity contribution in [1.29, 1.82) is 0 Å². The number of nitrogens with zero attached hydrogens (tertiary/aromatic N) is 1. The molecule has 1 unspecified atom stereocenters. The van der Waals surface area contributed by atoms with Crippen molar-refractivity contribution < 1.29 is 4.79 Å². The average molecular weight is 267 g/mol. The van der Waals surface area contributed by atoms with Crippen LogP contribution in [-0.4, -0.2) is 49.6 Å². The number of amides is 1. The minimum absolute atomic E-state index is 0.0815. The van der Waals surface area contributed by atoms with Gasteiger partial charge in [0.1, 0.15) is 0 Å². The van der Waals surface area contributed by atoms with Crippen molar-refractivity contribution in [3.05, 3.63) is 0 Å². The Balaban J connectivity index is 2.04. The largest absolute Gasteiger partial charge is 0.355 e. The molecule has 0 spiro atoms. The molecule has 1 atom stereocenters. The van der Waals surface area contributed by atoms with Gasteiger partial charge in [0.2, 0.25) is 5.91 Å². The van der Waals surface area contributed by atoms with Crippen molar-refractivity contribution in [3.63, 3.8) is 0 Å². The maximum Gasteiger partial charge on any atom is 0.237 e. The first kappa shape index (κ1) is 14.8. The van der Waals surface area contributed by atoms with Gasteiger partial charge in [-0.1, -0.05) is 25.7 Å². The van der Waals surface area contributed by atoms with E-state index in [1.54, 1.807) is 0 Å². The third-order valence-electron chi connectivity index (χ3n) is 4.56. The predicted molar refractivity (Wildman–Crippen MR) is 78.2 cm³/mol. The first-order valence-electron chi connectivity index (χ1n) is 8.01. The van der Waals surface area contributed by atoms with E-state index in [1.807, 2.05) is 7.05 Å². The van der Waals surface area contributed by atoms with Gasteiger partial charge in [-0.25, -0.2) is 0 Å². The number of nitrogens with one attached hydrogen (secondary N) is 2. The van der Waals surface area contributed by atoms with Crippen LogP contribution in [0.3, 0.4) is 0 Å². The summed E-state index contributed by atoms with van der Waals surface area (Å²) in [6.07, 6.45) is 10.0. The highest BCUT2D eigenvalue weighted by atomic mass is 16.2. The van der Waals surface area contributed by atoms with Crippen molar-refractivity contribution >= 4 is 5.91 Å². The lowest BCUT2D eigenvalue weighted by Crippen LogP contribution is -2.50. The van der Waals surface area contributed by atoms with Crippen LogP contribution in [-0.2, 0) is 4.79 Å². The van der Waals surface area contributed by atoms with Crippen molar-refractivity contribution in [3.8, 4) is 0 Å². The molecule has 0 aromatic heterocycles. The van der Waals surface area contributed by atoms with Gasteiger partial charge in [0, 0.05) is 19.1 Å². The predicted octanol–water partition coefficient (Wildman–Crippen LogP) is 1.51. The van der Waals surface area contributed by atoms with Gasteiger partial charge in [0.05, 0.1) is 6.04 Å². The molecule has 4 nitrogen and oxygen atoms in total. The molecule has 2 N–H and O–H groups in total. The monoisotopic (exact) mass is 267 g/mol. The van der Waals surface area contributed by atoms with Crippen LogP contribution >= 0.6 is 0 Å². The number of carbonyl (C=O) groups is 1. The lowest BCUT2D eigenvalue weighted by Gasteiger charge is -2.35. The molecule has 110 valence electrons. The van der Waals surface area contributed by atoms with Gasteiger partial charge in [0.15, 0.2) is 0 Å². The van der Waals surface area contributed by atoms with Crippen LogP contribution in [0.2, 0.25) is 0 Å². The van der Waals surface area contributed by atoms with E-state index in [1.165, 1.54) is 38.5 Å². The average Bonchev–Trinajstić information content (AvgIpc) is 2.77. The number of hydrogen-bond donors (Lipinski definition) is 2. The summed E-state index contributed by atoms with van der Waals surface area (Å²) in [5.74, 6) is 0.247. The van der Waals surface area contributed by atoms with Crippen LogP contribution in [0, 0.1) is 0 Å².